The van der Waals surface area contributed by atoms with Crippen molar-refractivity contribution in [3.8, 4) is 0 Å². The Balaban J connectivity index is 4.61. The number of thioether (sulfide) groups is 1. The molecule has 0 spiro atoms. The minimum atomic E-state index is -1.18. The van der Waals surface area contributed by atoms with E-state index in [0.717, 1.165) is 0 Å². The lowest BCUT2D eigenvalue weighted by atomic mass is 10.2. The molecule has 6 nitrogen and oxygen atoms in total. The van der Waals surface area contributed by atoms with E-state index in [-0.39, 0.29) is 11.2 Å². The number of carbonyl (C=O) groups excluding carboxylic acids is 3. The van der Waals surface area contributed by atoms with Gasteiger partial charge in [0.1, 0.15) is 0 Å². The molecule has 0 rings (SSSR count). The van der Waals surface area contributed by atoms with Gasteiger partial charge in [0.05, 0.1) is 5.25 Å². The van der Waals surface area contributed by atoms with Crippen LogP contribution in [0.15, 0.2) is 0 Å². The van der Waals surface area contributed by atoms with Crippen LogP contribution in [0.5, 0.6) is 0 Å². The monoisotopic (exact) mass is 247 g/mol. The van der Waals surface area contributed by atoms with Gasteiger partial charge < -0.3 is 16.0 Å². The van der Waals surface area contributed by atoms with Crippen LogP contribution >= 0.6 is 11.8 Å². The fourth-order valence-corrected chi connectivity index (χ4v) is 1.19. The standard InChI is InChI=1S/C9H17N3O3S/c1-5(16-4)7(13)12-6(8(14)10-2)9(15)11-3/h5-6H,1-4H3,(H,10,14)(H,11,15)(H,12,13). The summed E-state index contributed by atoms with van der Waals surface area (Å²) in [4.78, 5) is 34.3. The number of hydrogen-bond acceptors (Lipinski definition) is 4. The van der Waals surface area contributed by atoms with Crippen molar-refractivity contribution in [3.63, 3.8) is 0 Å². The minimum absolute atomic E-state index is 0.309. The zero-order valence-corrected chi connectivity index (χ0v) is 10.6. The quantitative estimate of drug-likeness (QED) is 0.528. The maximum atomic E-state index is 11.5. The smallest absolute Gasteiger partial charge is 0.252 e. The molecule has 7 heteroatoms. The van der Waals surface area contributed by atoms with E-state index in [2.05, 4.69) is 16.0 Å². The third-order valence-electron chi connectivity index (χ3n) is 2.03. The molecule has 0 fully saturated rings. The first kappa shape index (κ1) is 14.8. The Labute approximate surface area is 98.9 Å². The normalized spacial score (nSPS) is 11.8. The summed E-state index contributed by atoms with van der Waals surface area (Å²) in [6, 6.07) is -1.18. The highest BCUT2D eigenvalue weighted by Gasteiger charge is 2.28. The van der Waals surface area contributed by atoms with Crippen molar-refractivity contribution in [1.82, 2.24) is 16.0 Å². The molecule has 3 N–H and O–H groups in total. The van der Waals surface area contributed by atoms with Gasteiger partial charge in [-0.15, -0.1) is 0 Å². The summed E-state index contributed by atoms with van der Waals surface area (Å²) in [5.74, 6) is -1.42. The van der Waals surface area contributed by atoms with Gasteiger partial charge in [-0.2, -0.15) is 11.8 Å². The van der Waals surface area contributed by atoms with Crippen molar-refractivity contribution >= 4 is 29.5 Å². The van der Waals surface area contributed by atoms with Gasteiger partial charge in [-0.05, 0) is 13.2 Å². The molecule has 1 atom stereocenters. The molecular formula is C9H17N3O3S. The van der Waals surface area contributed by atoms with E-state index in [1.807, 2.05) is 0 Å². The topological polar surface area (TPSA) is 87.3 Å². The Morgan fingerprint density at radius 2 is 1.44 bits per heavy atom. The Kier molecular flexibility index (Phi) is 6.55. The van der Waals surface area contributed by atoms with Crippen molar-refractivity contribution in [2.24, 2.45) is 0 Å². The van der Waals surface area contributed by atoms with Gasteiger partial charge in [-0.25, -0.2) is 0 Å². The highest BCUT2D eigenvalue weighted by Crippen LogP contribution is 2.04. The van der Waals surface area contributed by atoms with Crippen molar-refractivity contribution in [2.45, 2.75) is 18.2 Å². The highest BCUT2D eigenvalue weighted by molar-refractivity contribution is 7.99. The molecule has 0 bridgehead atoms. The Morgan fingerprint density at radius 3 is 1.75 bits per heavy atom. The molecule has 0 aliphatic rings. The predicted octanol–water partition coefficient (Wildman–Crippen LogP) is -1.29. The number of hydrogen-bond donors (Lipinski definition) is 3. The fourth-order valence-electron chi connectivity index (χ4n) is 0.905. The first-order valence-electron chi connectivity index (χ1n) is 4.74. The van der Waals surface area contributed by atoms with Crippen LogP contribution in [0.4, 0.5) is 0 Å². The van der Waals surface area contributed by atoms with Gasteiger partial charge in [0.15, 0.2) is 6.04 Å². The zero-order chi connectivity index (χ0) is 12.7. The van der Waals surface area contributed by atoms with Crippen LogP contribution in [0.3, 0.4) is 0 Å². The lowest BCUT2D eigenvalue weighted by Crippen LogP contribution is -2.55. The molecule has 0 aromatic heterocycles. The molecule has 0 aromatic carbocycles. The minimum Gasteiger partial charge on any atom is -0.357 e. The molecule has 0 aliphatic heterocycles. The van der Waals surface area contributed by atoms with Gasteiger partial charge in [0.2, 0.25) is 5.91 Å². The van der Waals surface area contributed by atoms with Crippen LogP contribution in [0.1, 0.15) is 6.92 Å². The molecule has 1 unspecified atom stereocenters. The van der Waals surface area contributed by atoms with E-state index in [1.165, 1.54) is 25.9 Å². The summed E-state index contributed by atoms with van der Waals surface area (Å²) >= 11 is 1.34. The average Bonchev–Trinajstić information content (AvgIpc) is 2.32. The molecule has 0 aliphatic carbocycles. The van der Waals surface area contributed by atoms with E-state index in [9.17, 15) is 14.4 Å². The number of amides is 3. The van der Waals surface area contributed by atoms with Gasteiger partial charge in [0.25, 0.3) is 11.8 Å². The van der Waals surface area contributed by atoms with E-state index >= 15 is 0 Å². The van der Waals surface area contributed by atoms with Crippen LogP contribution in [0, 0.1) is 0 Å². The van der Waals surface area contributed by atoms with Gasteiger partial charge >= 0.3 is 0 Å². The number of likely N-dealkylation sites (N-methyl/N-ethyl adjacent to an activating group) is 2. The van der Waals surface area contributed by atoms with Crippen LogP contribution in [-0.4, -0.2) is 49.4 Å². The third-order valence-corrected chi connectivity index (χ3v) is 2.95. The van der Waals surface area contributed by atoms with E-state index < -0.39 is 17.9 Å². The van der Waals surface area contributed by atoms with E-state index in [1.54, 1.807) is 13.2 Å². The second-order valence-electron chi connectivity index (χ2n) is 3.05. The predicted molar refractivity (Wildman–Crippen MR) is 63.0 cm³/mol. The second-order valence-corrected chi connectivity index (χ2v) is 4.23. The number of carbonyl (C=O) groups is 3. The van der Waals surface area contributed by atoms with E-state index in [4.69, 9.17) is 0 Å². The summed E-state index contributed by atoms with van der Waals surface area (Å²) < 4.78 is 0. The lowest BCUT2D eigenvalue weighted by Gasteiger charge is -2.17. The molecule has 0 radical (unpaired) electrons. The molecule has 0 saturated heterocycles. The molecular weight excluding hydrogens is 230 g/mol. The van der Waals surface area contributed by atoms with Gasteiger partial charge in [0, 0.05) is 14.1 Å². The first-order valence-corrected chi connectivity index (χ1v) is 6.03. The maximum Gasteiger partial charge on any atom is 0.252 e. The summed E-state index contributed by atoms with van der Waals surface area (Å²) in [5, 5.41) is 6.72. The van der Waals surface area contributed by atoms with Crippen LogP contribution < -0.4 is 16.0 Å². The van der Waals surface area contributed by atoms with Crippen LogP contribution in [0.2, 0.25) is 0 Å². The maximum absolute atomic E-state index is 11.5. The SMILES string of the molecule is CNC(=O)C(NC(=O)C(C)SC)C(=O)NC. The van der Waals surface area contributed by atoms with E-state index in [0.29, 0.717) is 0 Å². The molecule has 16 heavy (non-hydrogen) atoms. The Hall–Kier alpha value is -1.24. The number of rotatable bonds is 5. The van der Waals surface area contributed by atoms with Gasteiger partial charge in [-0.1, -0.05) is 0 Å². The summed E-state index contributed by atoms with van der Waals surface area (Å²) in [7, 11) is 2.81. The molecule has 0 saturated carbocycles. The summed E-state index contributed by atoms with van der Waals surface area (Å²) in [6.45, 7) is 1.70. The third kappa shape index (κ3) is 4.09. The first-order chi connectivity index (χ1) is 7.47. The number of nitrogens with one attached hydrogen (secondary N) is 3. The Bertz CT molecular complexity index is 267. The summed E-state index contributed by atoms with van der Waals surface area (Å²) in [5.41, 5.74) is 0. The van der Waals surface area contributed by atoms with Gasteiger partial charge in [-0.3, -0.25) is 14.4 Å². The fraction of sp³-hybridized carbons (Fsp3) is 0.667. The molecule has 0 heterocycles. The van der Waals surface area contributed by atoms with Crippen molar-refractivity contribution in [1.29, 1.82) is 0 Å². The lowest BCUT2D eigenvalue weighted by molar-refractivity contribution is -0.136. The molecule has 0 aromatic rings. The molecule has 3 amide bonds. The zero-order valence-electron chi connectivity index (χ0n) is 9.79. The average molecular weight is 247 g/mol. The van der Waals surface area contributed by atoms with Crippen molar-refractivity contribution in [3.05, 3.63) is 0 Å². The van der Waals surface area contributed by atoms with Crippen molar-refractivity contribution < 1.29 is 14.4 Å². The largest absolute Gasteiger partial charge is 0.357 e. The second kappa shape index (κ2) is 7.10. The van der Waals surface area contributed by atoms with Crippen LogP contribution in [0.25, 0.3) is 0 Å². The van der Waals surface area contributed by atoms with Crippen molar-refractivity contribution in [2.75, 3.05) is 20.4 Å². The Morgan fingerprint density at radius 1 is 1.00 bits per heavy atom. The molecule has 92 valence electrons. The van der Waals surface area contributed by atoms with Crippen LogP contribution in [-0.2, 0) is 14.4 Å². The summed E-state index contributed by atoms with van der Waals surface area (Å²) in [6.07, 6.45) is 1.78. The highest BCUT2D eigenvalue weighted by atomic mass is 32.2.